The molecule has 13 heavy (non-hydrogen) atoms. The SMILES string of the molecule is CCNC(CC(N)=O)CC(C)(C)C. The van der Waals surface area contributed by atoms with Crippen molar-refractivity contribution in [2.24, 2.45) is 11.1 Å². The summed E-state index contributed by atoms with van der Waals surface area (Å²) in [6.07, 6.45) is 1.41. The van der Waals surface area contributed by atoms with Crippen molar-refractivity contribution in [1.82, 2.24) is 5.32 Å². The first-order chi connectivity index (χ1) is 5.85. The molecule has 0 aromatic carbocycles. The van der Waals surface area contributed by atoms with Crippen LogP contribution in [0.1, 0.15) is 40.5 Å². The highest BCUT2D eigenvalue weighted by Gasteiger charge is 2.19. The van der Waals surface area contributed by atoms with E-state index in [-0.39, 0.29) is 17.4 Å². The number of hydrogen-bond acceptors (Lipinski definition) is 2. The van der Waals surface area contributed by atoms with Crippen LogP contribution in [0.2, 0.25) is 0 Å². The quantitative estimate of drug-likeness (QED) is 0.679. The van der Waals surface area contributed by atoms with Crippen LogP contribution in [0.15, 0.2) is 0 Å². The van der Waals surface area contributed by atoms with Gasteiger partial charge in [0, 0.05) is 12.5 Å². The van der Waals surface area contributed by atoms with Crippen molar-refractivity contribution in [3.05, 3.63) is 0 Å². The van der Waals surface area contributed by atoms with Crippen LogP contribution in [-0.2, 0) is 4.79 Å². The number of hydrogen-bond donors (Lipinski definition) is 2. The molecule has 0 aliphatic carbocycles. The highest BCUT2D eigenvalue weighted by Crippen LogP contribution is 2.21. The van der Waals surface area contributed by atoms with E-state index < -0.39 is 0 Å². The van der Waals surface area contributed by atoms with Crippen LogP contribution in [0.5, 0.6) is 0 Å². The van der Waals surface area contributed by atoms with Gasteiger partial charge in [0.05, 0.1) is 0 Å². The minimum atomic E-state index is -0.227. The zero-order valence-corrected chi connectivity index (χ0v) is 9.18. The predicted molar refractivity (Wildman–Crippen MR) is 55.3 cm³/mol. The molecule has 1 amide bonds. The Kier molecular flexibility index (Phi) is 4.99. The van der Waals surface area contributed by atoms with Crippen LogP contribution in [-0.4, -0.2) is 18.5 Å². The summed E-state index contributed by atoms with van der Waals surface area (Å²) >= 11 is 0. The molecule has 1 atom stereocenters. The first kappa shape index (κ1) is 12.4. The molecule has 3 N–H and O–H groups in total. The summed E-state index contributed by atoms with van der Waals surface area (Å²) < 4.78 is 0. The largest absolute Gasteiger partial charge is 0.370 e. The van der Waals surface area contributed by atoms with E-state index >= 15 is 0 Å². The second kappa shape index (κ2) is 5.22. The Bertz CT molecular complexity index is 161. The van der Waals surface area contributed by atoms with Gasteiger partial charge in [0.25, 0.3) is 0 Å². The van der Waals surface area contributed by atoms with E-state index in [0.29, 0.717) is 6.42 Å². The third kappa shape index (κ3) is 7.78. The molecule has 0 aromatic heterocycles. The number of nitrogens with one attached hydrogen (secondary N) is 1. The fourth-order valence-electron chi connectivity index (χ4n) is 1.49. The zero-order valence-electron chi connectivity index (χ0n) is 9.18. The van der Waals surface area contributed by atoms with Crippen molar-refractivity contribution in [2.75, 3.05) is 6.54 Å². The van der Waals surface area contributed by atoms with Gasteiger partial charge in [-0.15, -0.1) is 0 Å². The maximum atomic E-state index is 10.8. The number of primary amides is 1. The molecule has 0 spiro atoms. The lowest BCUT2D eigenvalue weighted by Crippen LogP contribution is -2.36. The highest BCUT2D eigenvalue weighted by atomic mass is 16.1. The van der Waals surface area contributed by atoms with Gasteiger partial charge >= 0.3 is 0 Å². The van der Waals surface area contributed by atoms with Gasteiger partial charge in [-0.25, -0.2) is 0 Å². The van der Waals surface area contributed by atoms with E-state index in [9.17, 15) is 4.79 Å². The molecular weight excluding hydrogens is 164 g/mol. The van der Waals surface area contributed by atoms with E-state index in [0.717, 1.165) is 13.0 Å². The van der Waals surface area contributed by atoms with Gasteiger partial charge in [-0.2, -0.15) is 0 Å². The van der Waals surface area contributed by atoms with E-state index in [4.69, 9.17) is 5.73 Å². The lowest BCUT2D eigenvalue weighted by atomic mass is 9.87. The first-order valence-electron chi connectivity index (χ1n) is 4.87. The molecule has 0 aromatic rings. The van der Waals surface area contributed by atoms with Crippen LogP contribution in [0.3, 0.4) is 0 Å². The van der Waals surface area contributed by atoms with Gasteiger partial charge in [0.1, 0.15) is 0 Å². The lowest BCUT2D eigenvalue weighted by molar-refractivity contribution is -0.118. The molecule has 78 valence electrons. The van der Waals surface area contributed by atoms with Crippen molar-refractivity contribution < 1.29 is 4.79 Å². The van der Waals surface area contributed by atoms with Crippen LogP contribution < -0.4 is 11.1 Å². The second-order valence-electron chi connectivity index (χ2n) is 4.69. The third-order valence-electron chi connectivity index (χ3n) is 1.80. The monoisotopic (exact) mass is 186 g/mol. The smallest absolute Gasteiger partial charge is 0.218 e. The predicted octanol–water partition coefficient (Wildman–Crippen LogP) is 1.28. The molecule has 0 heterocycles. The van der Waals surface area contributed by atoms with Crippen molar-refractivity contribution in [3.8, 4) is 0 Å². The van der Waals surface area contributed by atoms with Gasteiger partial charge < -0.3 is 11.1 Å². The highest BCUT2D eigenvalue weighted by molar-refractivity contribution is 5.74. The summed E-state index contributed by atoms with van der Waals surface area (Å²) in [5.74, 6) is -0.227. The Hall–Kier alpha value is -0.570. The molecular formula is C10H22N2O. The van der Waals surface area contributed by atoms with Crippen LogP contribution in [0.25, 0.3) is 0 Å². The minimum absolute atomic E-state index is 0.225. The maximum Gasteiger partial charge on any atom is 0.218 e. The first-order valence-corrected chi connectivity index (χ1v) is 4.87. The standard InChI is InChI=1S/C10H22N2O/c1-5-12-8(6-9(11)13)7-10(2,3)4/h8,12H,5-7H2,1-4H3,(H2,11,13). The summed E-state index contributed by atoms with van der Waals surface area (Å²) in [4.78, 5) is 10.8. The van der Waals surface area contributed by atoms with E-state index in [1.807, 2.05) is 6.92 Å². The summed E-state index contributed by atoms with van der Waals surface area (Å²) in [5, 5.41) is 3.27. The number of amides is 1. The van der Waals surface area contributed by atoms with Gasteiger partial charge in [0.2, 0.25) is 5.91 Å². The number of nitrogens with two attached hydrogens (primary N) is 1. The Morgan fingerprint density at radius 2 is 2.00 bits per heavy atom. The van der Waals surface area contributed by atoms with Gasteiger partial charge in [0.15, 0.2) is 0 Å². The molecule has 0 aliphatic rings. The molecule has 0 fully saturated rings. The average molecular weight is 186 g/mol. The Morgan fingerprint density at radius 3 is 2.31 bits per heavy atom. The summed E-state index contributed by atoms with van der Waals surface area (Å²) in [6.45, 7) is 9.42. The molecule has 0 aliphatic heterocycles. The normalized spacial score (nSPS) is 14.2. The summed E-state index contributed by atoms with van der Waals surface area (Å²) in [7, 11) is 0. The van der Waals surface area contributed by atoms with Gasteiger partial charge in [-0.05, 0) is 18.4 Å². The third-order valence-corrected chi connectivity index (χ3v) is 1.80. The second-order valence-corrected chi connectivity index (χ2v) is 4.69. The number of carbonyl (C=O) groups excluding carboxylic acids is 1. The number of rotatable bonds is 5. The van der Waals surface area contributed by atoms with Gasteiger partial charge in [-0.1, -0.05) is 27.7 Å². The lowest BCUT2D eigenvalue weighted by Gasteiger charge is -2.25. The van der Waals surface area contributed by atoms with Crippen molar-refractivity contribution in [2.45, 2.75) is 46.6 Å². The van der Waals surface area contributed by atoms with Crippen LogP contribution >= 0.6 is 0 Å². The zero-order chi connectivity index (χ0) is 10.5. The summed E-state index contributed by atoms with van der Waals surface area (Å²) in [6, 6.07) is 0.225. The number of carbonyl (C=O) groups is 1. The Balaban J connectivity index is 4.01. The molecule has 1 unspecified atom stereocenters. The van der Waals surface area contributed by atoms with Crippen LogP contribution in [0, 0.1) is 5.41 Å². The summed E-state index contributed by atoms with van der Waals surface area (Å²) in [5.41, 5.74) is 5.40. The Labute approximate surface area is 81.1 Å². The minimum Gasteiger partial charge on any atom is -0.370 e. The fraction of sp³-hybridized carbons (Fsp3) is 0.900. The van der Waals surface area contributed by atoms with Crippen molar-refractivity contribution in [1.29, 1.82) is 0 Å². The van der Waals surface area contributed by atoms with Crippen molar-refractivity contribution in [3.63, 3.8) is 0 Å². The molecule has 3 nitrogen and oxygen atoms in total. The van der Waals surface area contributed by atoms with Gasteiger partial charge in [-0.3, -0.25) is 4.79 Å². The van der Waals surface area contributed by atoms with E-state index in [2.05, 4.69) is 26.1 Å². The molecule has 0 saturated carbocycles. The maximum absolute atomic E-state index is 10.8. The topological polar surface area (TPSA) is 55.1 Å². The molecule has 0 radical (unpaired) electrons. The fourth-order valence-corrected chi connectivity index (χ4v) is 1.49. The van der Waals surface area contributed by atoms with Crippen molar-refractivity contribution >= 4 is 5.91 Å². The van der Waals surface area contributed by atoms with E-state index in [1.165, 1.54) is 0 Å². The molecule has 0 bridgehead atoms. The molecule has 0 rings (SSSR count). The Morgan fingerprint density at radius 1 is 1.46 bits per heavy atom. The molecule has 0 saturated heterocycles. The average Bonchev–Trinajstić information content (AvgIpc) is 1.81. The molecule has 3 heteroatoms. The van der Waals surface area contributed by atoms with Crippen LogP contribution in [0.4, 0.5) is 0 Å². The van der Waals surface area contributed by atoms with E-state index in [1.54, 1.807) is 0 Å².